The lowest BCUT2D eigenvalue weighted by Gasteiger charge is -2.26. The summed E-state index contributed by atoms with van der Waals surface area (Å²) in [4.78, 5) is 0. The molecule has 2 N–H and O–H groups in total. The van der Waals surface area contributed by atoms with Crippen molar-refractivity contribution in [3.05, 3.63) is 0 Å². The molecule has 0 aromatic rings. The van der Waals surface area contributed by atoms with Crippen LogP contribution >= 0.6 is 0 Å². The molecule has 1 heterocycles. The molecule has 0 aromatic heterocycles. The Bertz CT molecular complexity index is 171. The molecule has 1 aliphatic heterocycles. The normalized spacial score (nSPS) is 32.1. The number of halogens is 3. The highest BCUT2D eigenvalue weighted by Gasteiger charge is 2.47. The van der Waals surface area contributed by atoms with Crippen LogP contribution in [0.15, 0.2) is 0 Å². The van der Waals surface area contributed by atoms with Crippen molar-refractivity contribution in [3.8, 4) is 0 Å². The lowest BCUT2D eigenvalue weighted by Crippen LogP contribution is -2.39. The van der Waals surface area contributed by atoms with Crippen molar-refractivity contribution < 1.29 is 17.9 Å². The summed E-state index contributed by atoms with van der Waals surface area (Å²) in [6, 6.07) is 0. The van der Waals surface area contributed by atoms with Crippen molar-refractivity contribution in [3.63, 3.8) is 0 Å². The molecule has 1 aliphatic rings. The SMILES string of the molecule is CC1OCCC1C(CN)C(F)(F)F. The molecule has 0 radical (unpaired) electrons. The van der Waals surface area contributed by atoms with Crippen molar-refractivity contribution in [1.82, 2.24) is 0 Å². The fourth-order valence-corrected chi connectivity index (χ4v) is 1.83. The molecule has 5 heteroatoms. The van der Waals surface area contributed by atoms with Gasteiger partial charge in [0.2, 0.25) is 0 Å². The summed E-state index contributed by atoms with van der Waals surface area (Å²) < 4.78 is 42.3. The van der Waals surface area contributed by atoms with Gasteiger partial charge in [-0.2, -0.15) is 13.2 Å². The maximum absolute atomic E-state index is 12.4. The van der Waals surface area contributed by atoms with E-state index in [0.29, 0.717) is 13.0 Å². The molecule has 0 aliphatic carbocycles. The van der Waals surface area contributed by atoms with Gasteiger partial charge in [0.15, 0.2) is 0 Å². The van der Waals surface area contributed by atoms with Gasteiger partial charge in [-0.15, -0.1) is 0 Å². The Hall–Kier alpha value is -0.290. The van der Waals surface area contributed by atoms with Crippen LogP contribution in [-0.2, 0) is 4.74 Å². The molecular weight excluding hydrogens is 183 g/mol. The van der Waals surface area contributed by atoms with Crippen molar-refractivity contribution in [2.24, 2.45) is 17.6 Å². The number of nitrogens with two attached hydrogens (primary N) is 1. The predicted molar refractivity (Wildman–Crippen MR) is 42.1 cm³/mol. The highest BCUT2D eigenvalue weighted by Crippen LogP contribution is 2.38. The number of alkyl halides is 3. The zero-order valence-corrected chi connectivity index (χ0v) is 7.47. The summed E-state index contributed by atoms with van der Waals surface area (Å²) in [5.74, 6) is -1.88. The average Bonchev–Trinajstić information content (AvgIpc) is 2.35. The van der Waals surface area contributed by atoms with Crippen LogP contribution in [0, 0.1) is 11.8 Å². The summed E-state index contributed by atoms with van der Waals surface area (Å²) in [5, 5.41) is 0. The van der Waals surface area contributed by atoms with Gasteiger partial charge in [-0.1, -0.05) is 0 Å². The van der Waals surface area contributed by atoms with Gasteiger partial charge in [0.05, 0.1) is 12.0 Å². The molecule has 0 bridgehead atoms. The third kappa shape index (κ3) is 2.34. The second-order valence-corrected chi connectivity index (χ2v) is 3.41. The smallest absolute Gasteiger partial charge is 0.378 e. The van der Waals surface area contributed by atoms with Gasteiger partial charge < -0.3 is 10.5 Å². The van der Waals surface area contributed by atoms with Crippen LogP contribution in [0.2, 0.25) is 0 Å². The first-order valence-corrected chi connectivity index (χ1v) is 4.35. The van der Waals surface area contributed by atoms with Crippen LogP contribution in [0.4, 0.5) is 13.2 Å². The van der Waals surface area contributed by atoms with Gasteiger partial charge >= 0.3 is 6.18 Å². The van der Waals surface area contributed by atoms with Gasteiger partial charge in [0.25, 0.3) is 0 Å². The minimum absolute atomic E-state index is 0.324. The largest absolute Gasteiger partial charge is 0.393 e. The van der Waals surface area contributed by atoms with Crippen LogP contribution in [0.3, 0.4) is 0 Å². The van der Waals surface area contributed by atoms with Crippen molar-refractivity contribution in [2.45, 2.75) is 25.6 Å². The highest BCUT2D eigenvalue weighted by atomic mass is 19.4. The molecule has 13 heavy (non-hydrogen) atoms. The first kappa shape index (κ1) is 10.8. The molecule has 1 fully saturated rings. The van der Waals surface area contributed by atoms with E-state index in [9.17, 15) is 13.2 Å². The topological polar surface area (TPSA) is 35.2 Å². The molecule has 3 atom stereocenters. The Labute approximate surface area is 75.2 Å². The minimum atomic E-state index is -4.19. The van der Waals surface area contributed by atoms with Crippen molar-refractivity contribution in [2.75, 3.05) is 13.2 Å². The van der Waals surface area contributed by atoms with Crippen LogP contribution < -0.4 is 5.73 Å². The number of hydrogen-bond acceptors (Lipinski definition) is 2. The summed E-state index contributed by atoms with van der Waals surface area (Å²) in [7, 11) is 0. The molecule has 0 aromatic carbocycles. The maximum atomic E-state index is 12.4. The van der Waals surface area contributed by atoms with E-state index in [-0.39, 0.29) is 12.6 Å². The summed E-state index contributed by atoms with van der Waals surface area (Å²) in [6.07, 6.45) is -4.06. The lowest BCUT2D eigenvalue weighted by molar-refractivity contribution is -0.189. The fraction of sp³-hybridized carbons (Fsp3) is 1.00. The van der Waals surface area contributed by atoms with Gasteiger partial charge in [0.1, 0.15) is 0 Å². The van der Waals surface area contributed by atoms with Gasteiger partial charge in [-0.25, -0.2) is 0 Å². The zero-order chi connectivity index (χ0) is 10.1. The molecule has 1 saturated heterocycles. The quantitative estimate of drug-likeness (QED) is 0.728. The lowest BCUT2D eigenvalue weighted by atomic mass is 9.87. The summed E-state index contributed by atoms with van der Waals surface area (Å²) in [5.41, 5.74) is 5.13. The maximum Gasteiger partial charge on any atom is 0.393 e. The minimum Gasteiger partial charge on any atom is -0.378 e. The molecule has 78 valence electrons. The van der Waals surface area contributed by atoms with Crippen molar-refractivity contribution >= 4 is 0 Å². The first-order valence-electron chi connectivity index (χ1n) is 4.35. The Kier molecular flexibility index (Phi) is 3.18. The number of hydrogen-bond donors (Lipinski definition) is 1. The monoisotopic (exact) mass is 197 g/mol. The Morgan fingerprint density at radius 3 is 2.46 bits per heavy atom. The third-order valence-electron chi connectivity index (χ3n) is 2.63. The molecule has 2 nitrogen and oxygen atoms in total. The van der Waals surface area contributed by atoms with Crippen LogP contribution in [0.1, 0.15) is 13.3 Å². The van der Waals surface area contributed by atoms with E-state index >= 15 is 0 Å². The zero-order valence-electron chi connectivity index (χ0n) is 7.47. The van der Waals surface area contributed by atoms with E-state index in [2.05, 4.69) is 0 Å². The second-order valence-electron chi connectivity index (χ2n) is 3.41. The van der Waals surface area contributed by atoms with Crippen LogP contribution in [0.25, 0.3) is 0 Å². The van der Waals surface area contributed by atoms with E-state index in [1.807, 2.05) is 0 Å². The van der Waals surface area contributed by atoms with E-state index in [0.717, 1.165) is 0 Å². The van der Waals surface area contributed by atoms with E-state index < -0.39 is 18.0 Å². The third-order valence-corrected chi connectivity index (χ3v) is 2.63. The Morgan fingerprint density at radius 1 is 1.54 bits per heavy atom. The van der Waals surface area contributed by atoms with Crippen LogP contribution in [-0.4, -0.2) is 25.4 Å². The average molecular weight is 197 g/mol. The van der Waals surface area contributed by atoms with E-state index in [1.165, 1.54) is 0 Å². The Balaban J connectivity index is 2.66. The molecule has 0 amide bonds. The highest BCUT2D eigenvalue weighted by molar-refractivity contribution is 4.84. The molecule has 0 saturated carbocycles. The predicted octanol–water partition coefficient (Wildman–Crippen LogP) is 1.55. The van der Waals surface area contributed by atoms with Gasteiger partial charge in [0, 0.05) is 13.2 Å². The Morgan fingerprint density at radius 2 is 2.15 bits per heavy atom. The summed E-state index contributed by atoms with van der Waals surface area (Å²) >= 11 is 0. The fourth-order valence-electron chi connectivity index (χ4n) is 1.83. The molecule has 0 spiro atoms. The molecular formula is C8H14F3NO. The summed E-state index contributed by atoms with van der Waals surface area (Å²) in [6.45, 7) is 1.74. The van der Waals surface area contributed by atoms with Gasteiger partial charge in [-0.05, 0) is 19.3 Å². The number of ether oxygens (including phenoxy) is 1. The second kappa shape index (κ2) is 3.84. The van der Waals surface area contributed by atoms with Crippen molar-refractivity contribution in [1.29, 1.82) is 0 Å². The van der Waals surface area contributed by atoms with Crippen LogP contribution in [0.5, 0.6) is 0 Å². The number of rotatable bonds is 2. The van der Waals surface area contributed by atoms with E-state index in [4.69, 9.17) is 10.5 Å². The molecule has 3 unspecified atom stereocenters. The first-order chi connectivity index (χ1) is 5.96. The standard InChI is InChI=1S/C8H14F3NO/c1-5-6(2-3-13-5)7(4-12)8(9,10)11/h5-7H,2-4,12H2,1H3. The molecule has 1 rings (SSSR count). The van der Waals surface area contributed by atoms with Gasteiger partial charge in [-0.3, -0.25) is 0 Å². The van der Waals surface area contributed by atoms with E-state index in [1.54, 1.807) is 6.92 Å².